The smallest absolute Gasteiger partial charge is 0.322 e. The summed E-state index contributed by atoms with van der Waals surface area (Å²) in [6, 6.07) is 10.1. The second-order valence-corrected chi connectivity index (χ2v) is 10.5. The minimum absolute atomic E-state index is 0.0106. The molecule has 0 bridgehead atoms. The summed E-state index contributed by atoms with van der Waals surface area (Å²) >= 11 is 0. The van der Waals surface area contributed by atoms with Crippen molar-refractivity contribution in [3.8, 4) is 0 Å². The molecule has 7 nitrogen and oxygen atoms in total. The number of amides is 2. The van der Waals surface area contributed by atoms with E-state index in [1.165, 1.54) is 0 Å². The van der Waals surface area contributed by atoms with Crippen LogP contribution >= 0.6 is 0 Å². The van der Waals surface area contributed by atoms with Crippen LogP contribution in [-0.2, 0) is 21.1 Å². The summed E-state index contributed by atoms with van der Waals surface area (Å²) in [7, 11) is -3.38. The summed E-state index contributed by atoms with van der Waals surface area (Å²) < 4.78 is 31.6. The van der Waals surface area contributed by atoms with Crippen LogP contribution in [0.4, 0.5) is 10.5 Å². The number of carbonyl (C=O) groups is 1. The summed E-state index contributed by atoms with van der Waals surface area (Å²) in [5.74, 6) is 0. The molecule has 0 radical (unpaired) electrons. The minimum Gasteiger partial charge on any atom is -0.376 e. The average Bonchev–Trinajstić information content (AvgIpc) is 3.49. The highest BCUT2D eigenvalue weighted by Gasteiger charge is 2.30. The summed E-state index contributed by atoms with van der Waals surface area (Å²) in [5, 5.41) is 2.57. The van der Waals surface area contributed by atoms with Crippen molar-refractivity contribution in [1.82, 2.24) is 9.88 Å². The van der Waals surface area contributed by atoms with Gasteiger partial charge in [-0.25, -0.2) is 13.2 Å². The van der Waals surface area contributed by atoms with Crippen LogP contribution in [0.1, 0.15) is 44.1 Å². The van der Waals surface area contributed by atoms with E-state index >= 15 is 0 Å². The number of aromatic nitrogens is 1. The van der Waals surface area contributed by atoms with Gasteiger partial charge in [-0.3, -0.25) is 4.98 Å². The molecule has 2 aromatic rings. The SMILES string of the molecule is O=C(Nc1cccc(S(=O)(=O)C2CCCC2)c1)N(Cc1cccnc1)C[C@H]1CCCO1. The van der Waals surface area contributed by atoms with Gasteiger partial charge in [0.2, 0.25) is 0 Å². The first-order valence-corrected chi connectivity index (χ1v) is 12.5. The zero-order valence-electron chi connectivity index (χ0n) is 17.6. The summed E-state index contributed by atoms with van der Waals surface area (Å²) in [6.45, 7) is 1.59. The Labute approximate surface area is 183 Å². The first-order chi connectivity index (χ1) is 15.0. The normalized spacial score (nSPS) is 19.4. The number of ether oxygens (including phenoxy) is 1. The van der Waals surface area contributed by atoms with Gasteiger partial charge in [0.05, 0.1) is 16.2 Å². The van der Waals surface area contributed by atoms with Crippen molar-refractivity contribution < 1.29 is 17.9 Å². The number of anilines is 1. The Morgan fingerprint density at radius 1 is 1.13 bits per heavy atom. The molecule has 1 aromatic heterocycles. The average molecular weight is 444 g/mol. The van der Waals surface area contributed by atoms with Crippen molar-refractivity contribution in [2.75, 3.05) is 18.5 Å². The lowest BCUT2D eigenvalue weighted by molar-refractivity contribution is 0.0819. The number of hydrogen-bond donors (Lipinski definition) is 1. The lowest BCUT2D eigenvalue weighted by Gasteiger charge is -2.26. The summed E-state index contributed by atoms with van der Waals surface area (Å²) in [6.07, 6.45) is 8.68. The van der Waals surface area contributed by atoms with Crippen LogP contribution in [0.3, 0.4) is 0 Å². The third kappa shape index (κ3) is 5.43. The highest BCUT2D eigenvalue weighted by molar-refractivity contribution is 7.92. The van der Waals surface area contributed by atoms with Crippen LogP contribution in [0.5, 0.6) is 0 Å². The van der Waals surface area contributed by atoms with Crippen LogP contribution in [-0.4, -0.2) is 48.8 Å². The third-order valence-electron chi connectivity index (χ3n) is 5.99. The number of carbonyl (C=O) groups excluding carboxylic acids is 1. The van der Waals surface area contributed by atoms with E-state index in [9.17, 15) is 13.2 Å². The van der Waals surface area contributed by atoms with Gasteiger partial charge in [-0.05, 0) is 55.5 Å². The van der Waals surface area contributed by atoms with Gasteiger partial charge in [0.1, 0.15) is 0 Å². The van der Waals surface area contributed by atoms with E-state index in [1.807, 2.05) is 12.1 Å². The van der Waals surface area contributed by atoms with E-state index in [2.05, 4.69) is 10.3 Å². The Bertz CT molecular complexity index is 985. The number of sulfone groups is 1. The number of hydrogen-bond acceptors (Lipinski definition) is 5. The van der Waals surface area contributed by atoms with Crippen molar-refractivity contribution >= 4 is 21.6 Å². The summed E-state index contributed by atoms with van der Waals surface area (Å²) in [5.41, 5.74) is 1.40. The number of nitrogens with zero attached hydrogens (tertiary/aromatic N) is 2. The second-order valence-electron chi connectivity index (χ2n) is 8.29. The van der Waals surface area contributed by atoms with Gasteiger partial charge in [0.25, 0.3) is 0 Å². The molecule has 1 aromatic carbocycles. The molecule has 0 spiro atoms. The quantitative estimate of drug-likeness (QED) is 0.698. The Morgan fingerprint density at radius 2 is 1.97 bits per heavy atom. The molecule has 1 N–H and O–H groups in total. The molecule has 8 heteroatoms. The maximum atomic E-state index is 13.1. The highest BCUT2D eigenvalue weighted by atomic mass is 32.2. The fraction of sp³-hybridized carbons (Fsp3) is 0.478. The molecule has 0 unspecified atom stereocenters. The number of rotatable bonds is 7. The molecule has 2 heterocycles. The summed E-state index contributed by atoms with van der Waals surface area (Å²) in [4.78, 5) is 19.2. The molecule has 166 valence electrons. The standard InChI is InChI=1S/C23H29N3O4S/c27-23(26(17-20-8-5-13-30-20)16-18-6-4-12-24-15-18)25-19-7-3-11-22(14-19)31(28,29)21-9-1-2-10-21/h3-4,6-7,11-12,14-15,20-21H,1-2,5,8-10,13,16-17H2,(H,25,27)/t20-/m1/s1. The van der Waals surface area contributed by atoms with Crippen LogP contribution in [0.2, 0.25) is 0 Å². The monoisotopic (exact) mass is 443 g/mol. The third-order valence-corrected chi connectivity index (χ3v) is 8.25. The molecule has 2 fully saturated rings. The Morgan fingerprint density at radius 3 is 2.68 bits per heavy atom. The van der Waals surface area contributed by atoms with E-state index in [4.69, 9.17) is 4.74 Å². The molecule has 2 amide bonds. The van der Waals surface area contributed by atoms with E-state index < -0.39 is 9.84 Å². The van der Waals surface area contributed by atoms with E-state index in [0.717, 1.165) is 31.2 Å². The second kappa shape index (κ2) is 9.78. The number of nitrogens with one attached hydrogen (secondary N) is 1. The van der Waals surface area contributed by atoms with Gasteiger partial charge in [0.15, 0.2) is 9.84 Å². The Kier molecular flexibility index (Phi) is 6.87. The number of benzene rings is 1. The van der Waals surface area contributed by atoms with Gasteiger partial charge < -0.3 is 15.0 Å². The first kappa shape index (κ1) is 21.8. The largest absolute Gasteiger partial charge is 0.376 e. The molecular formula is C23H29N3O4S. The maximum Gasteiger partial charge on any atom is 0.322 e. The lowest BCUT2D eigenvalue weighted by Crippen LogP contribution is -2.39. The number of pyridine rings is 1. The van der Waals surface area contributed by atoms with Crippen molar-refractivity contribution in [2.24, 2.45) is 0 Å². The van der Waals surface area contributed by atoms with Gasteiger partial charge in [-0.2, -0.15) is 0 Å². The fourth-order valence-corrected chi connectivity index (χ4v) is 6.21. The molecule has 1 saturated heterocycles. The van der Waals surface area contributed by atoms with Crippen LogP contribution < -0.4 is 5.32 Å². The molecule has 2 aliphatic rings. The number of urea groups is 1. The van der Waals surface area contributed by atoms with Crippen LogP contribution in [0.15, 0.2) is 53.7 Å². The van der Waals surface area contributed by atoms with Gasteiger partial charge in [0, 0.05) is 37.8 Å². The Balaban J connectivity index is 1.49. The van der Waals surface area contributed by atoms with E-state index in [0.29, 0.717) is 38.2 Å². The van der Waals surface area contributed by atoms with Gasteiger partial charge >= 0.3 is 6.03 Å². The fourth-order valence-electron chi connectivity index (χ4n) is 4.31. The first-order valence-electron chi connectivity index (χ1n) is 10.9. The van der Waals surface area contributed by atoms with Crippen molar-refractivity contribution in [3.63, 3.8) is 0 Å². The molecule has 31 heavy (non-hydrogen) atoms. The van der Waals surface area contributed by atoms with Crippen molar-refractivity contribution in [2.45, 2.75) is 61.3 Å². The maximum absolute atomic E-state index is 13.1. The van der Waals surface area contributed by atoms with Gasteiger partial charge in [-0.1, -0.05) is 25.0 Å². The predicted molar refractivity (Wildman–Crippen MR) is 119 cm³/mol. The zero-order valence-corrected chi connectivity index (χ0v) is 18.4. The van der Waals surface area contributed by atoms with Gasteiger partial charge in [-0.15, -0.1) is 0 Å². The van der Waals surface area contributed by atoms with Crippen LogP contribution in [0, 0.1) is 0 Å². The lowest BCUT2D eigenvalue weighted by atomic mass is 10.2. The van der Waals surface area contributed by atoms with E-state index in [1.54, 1.807) is 41.6 Å². The van der Waals surface area contributed by atoms with E-state index in [-0.39, 0.29) is 22.3 Å². The van der Waals surface area contributed by atoms with Crippen LogP contribution in [0.25, 0.3) is 0 Å². The van der Waals surface area contributed by atoms with Crippen molar-refractivity contribution in [3.05, 3.63) is 54.4 Å². The highest BCUT2D eigenvalue weighted by Crippen LogP contribution is 2.30. The zero-order chi connectivity index (χ0) is 21.7. The molecular weight excluding hydrogens is 414 g/mol. The Hall–Kier alpha value is -2.45. The topological polar surface area (TPSA) is 88.6 Å². The predicted octanol–water partition coefficient (Wildman–Crippen LogP) is 4.01. The molecule has 1 saturated carbocycles. The molecule has 1 aliphatic heterocycles. The van der Waals surface area contributed by atoms with Crippen molar-refractivity contribution in [1.29, 1.82) is 0 Å². The molecule has 1 atom stereocenters. The minimum atomic E-state index is -3.38. The molecule has 4 rings (SSSR count). The molecule has 1 aliphatic carbocycles.